The first-order valence-electron chi connectivity index (χ1n) is 8.30. The van der Waals surface area contributed by atoms with Crippen LogP contribution in [-0.4, -0.2) is 29.2 Å². The van der Waals surface area contributed by atoms with Crippen LogP contribution in [0.1, 0.15) is 29.5 Å². The number of amides is 3. The lowest BCUT2D eigenvalue weighted by molar-refractivity contribution is -0.143. The van der Waals surface area contributed by atoms with Crippen LogP contribution >= 0.6 is 0 Å². The summed E-state index contributed by atoms with van der Waals surface area (Å²) in [5.41, 5.74) is 3.32. The average molecular weight is 326 g/mol. The molecule has 5 heteroatoms. The van der Waals surface area contributed by atoms with Crippen LogP contribution < -0.4 is 5.32 Å². The quantitative estimate of drug-likeness (QED) is 0.678. The van der Waals surface area contributed by atoms with E-state index >= 15 is 0 Å². The molecule has 0 bridgehead atoms. The number of likely N-dealkylation sites (tertiary alicyclic amines) is 1. The van der Waals surface area contributed by atoms with E-state index in [4.69, 9.17) is 0 Å². The van der Waals surface area contributed by atoms with Gasteiger partial charge in [-0.25, -0.2) is 0 Å². The van der Waals surface area contributed by atoms with E-state index in [-0.39, 0.29) is 36.1 Å². The number of imide groups is 1. The Hall–Kier alpha value is -2.43. The van der Waals surface area contributed by atoms with Crippen molar-refractivity contribution >= 4 is 17.7 Å². The molecule has 3 amide bonds. The molecule has 126 valence electrons. The molecule has 24 heavy (non-hydrogen) atoms. The minimum absolute atomic E-state index is 0.185. The smallest absolute Gasteiger partial charge is 0.240 e. The SMILES string of the molecule is Cc1ccc(CNC(=O)CN2C(=O)C3CC=CCC3C2=O)c(C)c1. The Morgan fingerprint density at radius 1 is 1.12 bits per heavy atom. The molecule has 2 aliphatic rings. The Balaban J connectivity index is 1.59. The molecule has 1 aromatic carbocycles. The molecule has 1 aromatic rings. The van der Waals surface area contributed by atoms with Crippen LogP contribution in [0.25, 0.3) is 0 Å². The molecule has 1 heterocycles. The van der Waals surface area contributed by atoms with Crippen molar-refractivity contribution in [1.29, 1.82) is 0 Å². The third-order valence-corrected chi connectivity index (χ3v) is 4.87. The molecule has 1 fully saturated rings. The molecule has 1 saturated heterocycles. The van der Waals surface area contributed by atoms with Gasteiger partial charge in [0.15, 0.2) is 0 Å². The van der Waals surface area contributed by atoms with E-state index in [1.165, 1.54) is 5.56 Å². The monoisotopic (exact) mass is 326 g/mol. The number of aryl methyl sites for hydroxylation is 2. The van der Waals surface area contributed by atoms with Gasteiger partial charge in [0.1, 0.15) is 6.54 Å². The first kappa shape index (κ1) is 16.4. The molecule has 0 radical (unpaired) electrons. The molecule has 5 nitrogen and oxygen atoms in total. The van der Waals surface area contributed by atoms with Gasteiger partial charge in [-0.1, -0.05) is 35.9 Å². The van der Waals surface area contributed by atoms with Crippen molar-refractivity contribution in [3.63, 3.8) is 0 Å². The van der Waals surface area contributed by atoms with Crippen LogP contribution in [0.3, 0.4) is 0 Å². The largest absolute Gasteiger partial charge is 0.350 e. The Kier molecular flexibility index (Phi) is 4.51. The van der Waals surface area contributed by atoms with Crippen molar-refractivity contribution in [2.24, 2.45) is 11.8 Å². The van der Waals surface area contributed by atoms with E-state index in [2.05, 4.69) is 11.4 Å². The van der Waals surface area contributed by atoms with Crippen molar-refractivity contribution in [1.82, 2.24) is 10.2 Å². The predicted octanol–water partition coefficient (Wildman–Crippen LogP) is 1.87. The number of rotatable bonds is 4. The molecular formula is C19H22N2O3. The summed E-state index contributed by atoms with van der Waals surface area (Å²) in [4.78, 5) is 38.0. The summed E-state index contributed by atoms with van der Waals surface area (Å²) < 4.78 is 0. The van der Waals surface area contributed by atoms with Gasteiger partial charge in [-0.05, 0) is 37.8 Å². The number of nitrogens with one attached hydrogen (secondary N) is 1. The Labute approximate surface area is 141 Å². The van der Waals surface area contributed by atoms with Gasteiger partial charge < -0.3 is 5.32 Å². The summed E-state index contributed by atoms with van der Waals surface area (Å²) in [5, 5.41) is 2.81. The van der Waals surface area contributed by atoms with E-state index in [0.29, 0.717) is 19.4 Å². The van der Waals surface area contributed by atoms with Crippen molar-refractivity contribution in [2.75, 3.05) is 6.54 Å². The predicted molar refractivity (Wildman–Crippen MR) is 89.8 cm³/mol. The highest BCUT2D eigenvalue weighted by Gasteiger charge is 2.47. The lowest BCUT2D eigenvalue weighted by Crippen LogP contribution is -2.40. The molecule has 1 aliphatic heterocycles. The van der Waals surface area contributed by atoms with Gasteiger partial charge >= 0.3 is 0 Å². The number of allylic oxidation sites excluding steroid dienone is 2. The summed E-state index contributed by atoms with van der Waals surface area (Å²) in [6, 6.07) is 6.05. The lowest BCUT2D eigenvalue weighted by atomic mass is 9.85. The van der Waals surface area contributed by atoms with Crippen molar-refractivity contribution in [3.8, 4) is 0 Å². The maximum absolute atomic E-state index is 12.3. The Morgan fingerprint density at radius 2 is 1.75 bits per heavy atom. The van der Waals surface area contributed by atoms with Crippen LogP contribution in [0.15, 0.2) is 30.4 Å². The van der Waals surface area contributed by atoms with Gasteiger partial charge in [-0.15, -0.1) is 0 Å². The third kappa shape index (κ3) is 3.11. The molecule has 0 spiro atoms. The van der Waals surface area contributed by atoms with E-state index in [1.807, 2.05) is 38.1 Å². The highest BCUT2D eigenvalue weighted by molar-refractivity contribution is 6.07. The summed E-state index contributed by atoms with van der Waals surface area (Å²) in [6.45, 7) is 4.24. The minimum Gasteiger partial charge on any atom is -0.350 e. The van der Waals surface area contributed by atoms with E-state index in [1.54, 1.807) is 0 Å². The van der Waals surface area contributed by atoms with Crippen LogP contribution in [-0.2, 0) is 20.9 Å². The zero-order valence-electron chi connectivity index (χ0n) is 14.0. The summed E-state index contributed by atoms with van der Waals surface area (Å²) in [6.07, 6.45) is 5.07. The Morgan fingerprint density at radius 3 is 2.33 bits per heavy atom. The van der Waals surface area contributed by atoms with Gasteiger partial charge in [0.25, 0.3) is 0 Å². The molecule has 1 aliphatic carbocycles. The fraction of sp³-hybridized carbons (Fsp3) is 0.421. The molecule has 3 rings (SSSR count). The zero-order chi connectivity index (χ0) is 17.3. The van der Waals surface area contributed by atoms with Gasteiger partial charge in [0.05, 0.1) is 11.8 Å². The van der Waals surface area contributed by atoms with E-state index < -0.39 is 0 Å². The third-order valence-electron chi connectivity index (χ3n) is 4.87. The molecule has 0 saturated carbocycles. The van der Waals surface area contributed by atoms with Gasteiger partial charge in [0, 0.05) is 6.54 Å². The van der Waals surface area contributed by atoms with Crippen molar-refractivity contribution in [2.45, 2.75) is 33.2 Å². The maximum Gasteiger partial charge on any atom is 0.240 e. The normalized spacial score (nSPS) is 22.7. The second kappa shape index (κ2) is 6.59. The number of benzene rings is 1. The second-order valence-corrected chi connectivity index (χ2v) is 6.63. The molecule has 2 atom stereocenters. The molecule has 2 unspecified atom stereocenters. The van der Waals surface area contributed by atoms with Crippen LogP contribution in [0.4, 0.5) is 0 Å². The van der Waals surface area contributed by atoms with Gasteiger partial charge in [-0.2, -0.15) is 0 Å². The highest BCUT2D eigenvalue weighted by atomic mass is 16.2. The lowest BCUT2D eigenvalue weighted by Gasteiger charge is -2.15. The summed E-state index contributed by atoms with van der Waals surface area (Å²) >= 11 is 0. The Bertz CT molecular complexity index is 697. The topological polar surface area (TPSA) is 66.5 Å². The van der Waals surface area contributed by atoms with Gasteiger partial charge in [0.2, 0.25) is 17.7 Å². The molecular weight excluding hydrogens is 304 g/mol. The average Bonchev–Trinajstić information content (AvgIpc) is 2.79. The van der Waals surface area contributed by atoms with Crippen LogP contribution in [0.2, 0.25) is 0 Å². The number of carbonyl (C=O) groups is 3. The molecule has 0 aromatic heterocycles. The van der Waals surface area contributed by atoms with Crippen LogP contribution in [0, 0.1) is 25.7 Å². The number of fused-ring (bicyclic) bond motifs is 1. The first-order chi connectivity index (χ1) is 11.5. The number of hydrogen-bond donors (Lipinski definition) is 1. The summed E-state index contributed by atoms with van der Waals surface area (Å²) in [5.74, 6) is -1.29. The number of carbonyl (C=O) groups excluding carboxylic acids is 3. The minimum atomic E-state index is -0.303. The number of hydrogen-bond acceptors (Lipinski definition) is 3. The van der Waals surface area contributed by atoms with E-state index in [9.17, 15) is 14.4 Å². The molecule has 1 N–H and O–H groups in total. The highest BCUT2D eigenvalue weighted by Crippen LogP contribution is 2.34. The van der Waals surface area contributed by atoms with Crippen LogP contribution in [0.5, 0.6) is 0 Å². The fourth-order valence-corrected chi connectivity index (χ4v) is 3.46. The van der Waals surface area contributed by atoms with Gasteiger partial charge in [-0.3, -0.25) is 19.3 Å². The summed E-state index contributed by atoms with van der Waals surface area (Å²) in [7, 11) is 0. The first-order valence-corrected chi connectivity index (χ1v) is 8.30. The number of nitrogens with zero attached hydrogens (tertiary/aromatic N) is 1. The maximum atomic E-state index is 12.3. The fourth-order valence-electron chi connectivity index (χ4n) is 3.46. The van der Waals surface area contributed by atoms with Crippen molar-refractivity contribution < 1.29 is 14.4 Å². The van der Waals surface area contributed by atoms with E-state index in [0.717, 1.165) is 16.0 Å². The van der Waals surface area contributed by atoms with Crippen molar-refractivity contribution in [3.05, 3.63) is 47.0 Å². The standard InChI is InChI=1S/C19H22N2O3/c1-12-7-8-14(13(2)9-12)10-20-17(22)11-21-18(23)15-5-3-4-6-16(15)19(21)24/h3-4,7-9,15-16H,5-6,10-11H2,1-2H3,(H,20,22). The second-order valence-electron chi connectivity index (χ2n) is 6.63. The zero-order valence-corrected chi connectivity index (χ0v) is 14.0.